The largest absolute Gasteiger partial charge is 0.366 e. The monoisotopic (exact) mass is 476 g/mol. The molecule has 1 saturated heterocycles. The molecule has 0 radical (unpaired) electrons. The fourth-order valence-electron chi connectivity index (χ4n) is 4.24. The lowest BCUT2D eigenvalue weighted by molar-refractivity contribution is 0.568. The number of nitrogens with zero attached hydrogens (tertiary/aromatic N) is 4. The molecule has 0 spiro atoms. The molecule has 0 unspecified atom stereocenters. The van der Waals surface area contributed by atoms with Crippen molar-refractivity contribution in [2.75, 3.05) is 28.6 Å². The lowest BCUT2D eigenvalue weighted by atomic mass is 10.1. The summed E-state index contributed by atoms with van der Waals surface area (Å²) in [4.78, 5) is 15.9. The van der Waals surface area contributed by atoms with Gasteiger partial charge in [-0.05, 0) is 68.7 Å². The highest BCUT2D eigenvalue weighted by atomic mass is 35.5. The summed E-state index contributed by atoms with van der Waals surface area (Å²) in [5.74, 6) is 1.16. The molecule has 4 aromatic rings. The summed E-state index contributed by atoms with van der Waals surface area (Å²) >= 11 is 6.10. The van der Waals surface area contributed by atoms with Crippen LogP contribution in [0.1, 0.15) is 30.5 Å². The highest BCUT2D eigenvalue weighted by molar-refractivity contribution is 6.31. The Morgan fingerprint density at radius 2 is 1.85 bits per heavy atom. The van der Waals surface area contributed by atoms with Crippen molar-refractivity contribution in [2.24, 2.45) is 0 Å². The number of piperidine rings is 1. The molecule has 0 aliphatic carbocycles. The predicted octanol–water partition coefficient (Wildman–Crippen LogP) is 6.47. The fourth-order valence-corrected chi connectivity index (χ4v) is 4.40. The van der Waals surface area contributed by atoms with E-state index in [1.807, 2.05) is 43.3 Å². The number of hydrogen-bond acceptors (Lipinski definition) is 6. The number of nitrogens with one attached hydrogen (secondary N) is 2. The minimum Gasteiger partial charge on any atom is -0.366 e. The third kappa shape index (κ3) is 5.04. The summed E-state index contributed by atoms with van der Waals surface area (Å²) in [6.07, 6.45) is 5.29. The van der Waals surface area contributed by atoms with Crippen LogP contribution in [0.4, 0.5) is 27.5 Å². The summed E-state index contributed by atoms with van der Waals surface area (Å²) in [6.45, 7) is 4.21. The van der Waals surface area contributed by atoms with E-state index in [0.717, 1.165) is 59.9 Å². The number of benzene rings is 2. The topological polar surface area (TPSA) is 66.0 Å². The summed E-state index contributed by atoms with van der Waals surface area (Å²) in [5, 5.41) is 8.24. The van der Waals surface area contributed by atoms with Crippen molar-refractivity contribution in [3.8, 4) is 0 Å². The molecule has 3 heterocycles. The van der Waals surface area contributed by atoms with E-state index in [4.69, 9.17) is 11.6 Å². The van der Waals surface area contributed by atoms with Gasteiger partial charge in [-0.1, -0.05) is 11.6 Å². The number of aryl methyl sites for hydroxylation is 1. The number of rotatable bonds is 6. The first-order valence-electron chi connectivity index (χ1n) is 11.5. The summed E-state index contributed by atoms with van der Waals surface area (Å²) < 4.78 is 14.6. The van der Waals surface area contributed by atoms with Crippen molar-refractivity contribution in [1.29, 1.82) is 0 Å². The van der Waals surface area contributed by atoms with Gasteiger partial charge in [-0.3, -0.25) is 4.98 Å². The van der Waals surface area contributed by atoms with Crippen LogP contribution in [0.2, 0.25) is 5.02 Å². The van der Waals surface area contributed by atoms with E-state index in [0.29, 0.717) is 22.9 Å². The van der Waals surface area contributed by atoms with Gasteiger partial charge < -0.3 is 15.5 Å². The van der Waals surface area contributed by atoms with Gasteiger partial charge in [-0.15, -0.1) is 0 Å². The smallest absolute Gasteiger partial charge is 0.227 e. The average Bonchev–Trinajstić information content (AvgIpc) is 2.84. The molecule has 1 aliphatic rings. The minimum absolute atomic E-state index is 0.272. The van der Waals surface area contributed by atoms with E-state index in [-0.39, 0.29) is 5.82 Å². The second-order valence-corrected chi connectivity index (χ2v) is 8.98. The van der Waals surface area contributed by atoms with Gasteiger partial charge in [-0.2, -0.15) is 4.98 Å². The number of pyridine rings is 1. The number of aromatic nitrogens is 3. The van der Waals surface area contributed by atoms with Gasteiger partial charge >= 0.3 is 0 Å². The zero-order chi connectivity index (χ0) is 23.5. The Morgan fingerprint density at radius 3 is 2.71 bits per heavy atom. The first-order chi connectivity index (χ1) is 16.5. The highest BCUT2D eigenvalue weighted by Gasteiger charge is 2.15. The molecule has 5 rings (SSSR count). The molecular formula is C26H26ClFN6. The van der Waals surface area contributed by atoms with Gasteiger partial charge in [0.25, 0.3) is 0 Å². The van der Waals surface area contributed by atoms with Crippen LogP contribution in [0.25, 0.3) is 10.9 Å². The van der Waals surface area contributed by atoms with Crippen molar-refractivity contribution >= 4 is 45.6 Å². The quantitative estimate of drug-likeness (QED) is 0.332. The molecule has 0 amide bonds. The second kappa shape index (κ2) is 9.81. The fraction of sp³-hybridized carbons (Fsp3) is 0.269. The predicted molar refractivity (Wildman–Crippen MR) is 137 cm³/mol. The Morgan fingerprint density at radius 1 is 1.00 bits per heavy atom. The van der Waals surface area contributed by atoms with Crippen LogP contribution in [0.5, 0.6) is 0 Å². The number of hydrogen-bond donors (Lipinski definition) is 2. The van der Waals surface area contributed by atoms with Crippen LogP contribution < -0.4 is 15.5 Å². The zero-order valence-corrected chi connectivity index (χ0v) is 19.7. The number of anilines is 4. The van der Waals surface area contributed by atoms with Crippen molar-refractivity contribution < 1.29 is 4.39 Å². The maximum Gasteiger partial charge on any atom is 0.227 e. The maximum atomic E-state index is 14.6. The first-order valence-corrected chi connectivity index (χ1v) is 11.9. The molecular weight excluding hydrogens is 451 g/mol. The van der Waals surface area contributed by atoms with Crippen molar-refractivity contribution in [3.05, 3.63) is 76.8 Å². The van der Waals surface area contributed by atoms with Gasteiger partial charge in [0, 0.05) is 64.9 Å². The zero-order valence-electron chi connectivity index (χ0n) is 19.0. The van der Waals surface area contributed by atoms with Gasteiger partial charge in [-0.25, -0.2) is 9.37 Å². The van der Waals surface area contributed by atoms with Crippen LogP contribution in [-0.2, 0) is 6.54 Å². The van der Waals surface area contributed by atoms with E-state index >= 15 is 0 Å². The lowest BCUT2D eigenvalue weighted by Crippen LogP contribution is -2.31. The maximum absolute atomic E-state index is 14.6. The molecule has 2 aromatic heterocycles. The number of fused-ring (bicyclic) bond motifs is 1. The molecule has 174 valence electrons. The molecule has 8 heteroatoms. The average molecular weight is 477 g/mol. The minimum atomic E-state index is -0.272. The first kappa shape index (κ1) is 22.3. The number of halogens is 2. The van der Waals surface area contributed by atoms with E-state index in [9.17, 15) is 4.39 Å². The van der Waals surface area contributed by atoms with E-state index < -0.39 is 0 Å². The standard InChI is InChI=1S/C26H26ClFN6/c1-17-13-25(33-26(31-17)34-11-3-2-4-12-34)30-16-18-14-20(6-8-22(18)28)32-23-9-10-29-24-15-19(27)5-7-21(23)24/h5-10,13-15H,2-4,11-12,16H2,1H3,(H,29,32)(H,30,31,33). The lowest BCUT2D eigenvalue weighted by Gasteiger charge is -2.27. The van der Waals surface area contributed by atoms with Crippen LogP contribution >= 0.6 is 11.6 Å². The molecule has 34 heavy (non-hydrogen) atoms. The molecule has 2 aromatic carbocycles. The Bertz CT molecular complexity index is 1320. The molecule has 0 saturated carbocycles. The van der Waals surface area contributed by atoms with Crippen molar-refractivity contribution in [1.82, 2.24) is 15.0 Å². The molecule has 6 nitrogen and oxygen atoms in total. The summed E-state index contributed by atoms with van der Waals surface area (Å²) in [6, 6.07) is 14.4. The summed E-state index contributed by atoms with van der Waals surface area (Å²) in [5.41, 5.74) is 3.89. The third-order valence-corrected chi connectivity index (χ3v) is 6.21. The van der Waals surface area contributed by atoms with Crippen molar-refractivity contribution in [2.45, 2.75) is 32.7 Å². The molecule has 1 aliphatic heterocycles. The van der Waals surface area contributed by atoms with E-state index in [1.54, 1.807) is 12.3 Å². The third-order valence-electron chi connectivity index (χ3n) is 5.97. The van der Waals surface area contributed by atoms with Gasteiger partial charge in [0.2, 0.25) is 5.95 Å². The van der Waals surface area contributed by atoms with Crippen LogP contribution in [0.3, 0.4) is 0 Å². The van der Waals surface area contributed by atoms with Gasteiger partial charge in [0.1, 0.15) is 11.6 Å². The normalized spacial score (nSPS) is 13.8. The van der Waals surface area contributed by atoms with Crippen molar-refractivity contribution in [3.63, 3.8) is 0 Å². The van der Waals surface area contributed by atoms with Crippen LogP contribution in [0, 0.1) is 12.7 Å². The SMILES string of the molecule is Cc1cc(NCc2cc(Nc3ccnc4cc(Cl)ccc34)ccc2F)nc(N2CCCCC2)n1. The second-order valence-electron chi connectivity index (χ2n) is 8.55. The summed E-state index contributed by atoms with van der Waals surface area (Å²) in [7, 11) is 0. The molecule has 0 bridgehead atoms. The Hall–Kier alpha value is -3.45. The Kier molecular flexibility index (Phi) is 6.45. The van der Waals surface area contributed by atoms with Crippen LogP contribution in [0.15, 0.2) is 54.7 Å². The Balaban J connectivity index is 1.34. The Labute approximate surface area is 203 Å². The molecule has 1 fully saturated rings. The van der Waals surface area contributed by atoms with Gasteiger partial charge in [0.05, 0.1) is 5.52 Å². The molecule has 0 atom stereocenters. The van der Waals surface area contributed by atoms with E-state index in [1.165, 1.54) is 12.5 Å². The van der Waals surface area contributed by atoms with Gasteiger partial charge in [0.15, 0.2) is 0 Å². The van der Waals surface area contributed by atoms with E-state index in [2.05, 4.69) is 30.5 Å². The van der Waals surface area contributed by atoms with Crippen LogP contribution in [-0.4, -0.2) is 28.0 Å². The highest BCUT2D eigenvalue weighted by Crippen LogP contribution is 2.28. The molecule has 2 N–H and O–H groups in total.